The Morgan fingerprint density at radius 3 is 2.45 bits per heavy atom. The number of nitrogens with one attached hydrogen (secondary N) is 2. The van der Waals surface area contributed by atoms with Crippen LogP contribution in [-0.4, -0.2) is 92.0 Å². The number of nitrogens with zero attached hydrogens (tertiary/aromatic N) is 3. The van der Waals surface area contributed by atoms with Gasteiger partial charge in [-0.3, -0.25) is 29.6 Å². The molecule has 3 atom stereocenters. The van der Waals surface area contributed by atoms with Crippen LogP contribution in [0.5, 0.6) is 5.75 Å². The Hall–Kier alpha value is -4.50. The van der Waals surface area contributed by atoms with Crippen molar-refractivity contribution in [2.24, 2.45) is 5.41 Å². The number of aryl methyl sites for hydroxylation is 1. The van der Waals surface area contributed by atoms with E-state index in [9.17, 15) is 39.5 Å². The molecule has 294 valence electrons. The summed E-state index contributed by atoms with van der Waals surface area (Å²) in [6.07, 6.45) is 8.91. The maximum atomic E-state index is 14.0. The second kappa shape index (κ2) is 21.3. The van der Waals surface area contributed by atoms with Crippen LogP contribution in [0.15, 0.2) is 28.7 Å². The van der Waals surface area contributed by atoms with E-state index in [1.807, 2.05) is 0 Å². The van der Waals surface area contributed by atoms with Crippen molar-refractivity contribution in [2.75, 3.05) is 13.1 Å². The topological polar surface area (TPSA) is 212 Å². The molecule has 1 aromatic carbocycles. The summed E-state index contributed by atoms with van der Waals surface area (Å²) >= 11 is 0. The Labute approximate surface area is 311 Å². The number of aromatic nitrogens is 1. The number of phenols is 1. The summed E-state index contributed by atoms with van der Waals surface area (Å²) in [7, 11) is 0. The number of hydroxylamine groups is 4. The van der Waals surface area contributed by atoms with Gasteiger partial charge in [-0.2, -0.15) is 0 Å². The lowest BCUT2D eigenvalue weighted by molar-refractivity contribution is -0.169. The third kappa shape index (κ3) is 12.8. The SMILES string of the molecule is CCCCCCCCC[C@H](OC(=O)[C@@H](CCCCN(O)C=O)NC(=O)c1nc(-c2ccccc2O)oc1C)C(C)(C)C(=O)N[C@@H]1CCCCN(O)C1=O. The normalized spacial score (nSPS) is 16.0. The molecule has 2 aromatic rings. The Kier molecular flexibility index (Phi) is 17.2. The Bertz CT molecular complexity index is 1510. The molecule has 0 aliphatic carbocycles. The first kappa shape index (κ1) is 42.9. The number of rotatable bonds is 22. The first-order chi connectivity index (χ1) is 25.3. The zero-order chi connectivity index (χ0) is 39.0. The Balaban J connectivity index is 1.83. The molecule has 15 heteroatoms. The van der Waals surface area contributed by atoms with Crippen molar-refractivity contribution < 1.29 is 48.6 Å². The van der Waals surface area contributed by atoms with E-state index < -0.39 is 47.3 Å². The molecular weight excluding hydrogens is 686 g/mol. The fraction of sp³-hybridized carbons (Fsp3) is 0.632. The summed E-state index contributed by atoms with van der Waals surface area (Å²) in [5.41, 5.74) is -1.13. The van der Waals surface area contributed by atoms with Crippen molar-refractivity contribution in [1.82, 2.24) is 25.7 Å². The fourth-order valence-electron chi connectivity index (χ4n) is 6.25. The monoisotopic (exact) mass is 743 g/mol. The quantitative estimate of drug-likeness (QED) is 0.0337. The van der Waals surface area contributed by atoms with E-state index >= 15 is 0 Å². The van der Waals surface area contributed by atoms with Crippen LogP contribution in [0, 0.1) is 12.3 Å². The molecule has 1 fully saturated rings. The van der Waals surface area contributed by atoms with Gasteiger partial charge in [0.2, 0.25) is 18.2 Å². The maximum Gasteiger partial charge on any atom is 0.328 e. The van der Waals surface area contributed by atoms with Crippen LogP contribution in [0.1, 0.15) is 127 Å². The standard InChI is InChI=1S/C38H57N5O10/c1-5-6-7-8-9-10-11-22-31(38(3,4)37(49)40-28-19-15-17-24-43(51)35(28)47)53-36(48)29(20-14-16-23-42(50)25-44)39-33(46)32-26(2)52-34(41-32)27-18-12-13-21-30(27)45/h12-13,18,21,25,28-29,31,45,50-51H,5-11,14-17,19-20,22-24H2,1-4H3,(H,39,46)(H,40,49)/t28-,29-,31+/m1/s1. The van der Waals surface area contributed by atoms with Crippen LogP contribution in [0.25, 0.3) is 11.5 Å². The minimum Gasteiger partial charge on any atom is -0.507 e. The van der Waals surface area contributed by atoms with Crippen molar-refractivity contribution in [3.8, 4) is 17.2 Å². The lowest BCUT2D eigenvalue weighted by Gasteiger charge is -2.35. The minimum atomic E-state index is -1.31. The molecule has 0 radical (unpaired) electrons. The van der Waals surface area contributed by atoms with Crippen molar-refractivity contribution in [1.29, 1.82) is 0 Å². The first-order valence-corrected chi connectivity index (χ1v) is 18.8. The molecule has 1 aliphatic heterocycles. The zero-order valence-corrected chi connectivity index (χ0v) is 31.5. The molecule has 4 amide bonds. The number of benzene rings is 1. The highest BCUT2D eigenvalue weighted by atomic mass is 16.5. The average molecular weight is 744 g/mol. The first-order valence-electron chi connectivity index (χ1n) is 18.8. The molecule has 15 nitrogen and oxygen atoms in total. The number of para-hydroxylation sites is 1. The van der Waals surface area contributed by atoms with E-state index in [2.05, 4.69) is 22.5 Å². The number of carbonyl (C=O) groups excluding carboxylic acids is 5. The van der Waals surface area contributed by atoms with Crippen LogP contribution in [-0.2, 0) is 23.9 Å². The van der Waals surface area contributed by atoms with Gasteiger partial charge in [0.05, 0.1) is 11.0 Å². The van der Waals surface area contributed by atoms with Gasteiger partial charge in [0, 0.05) is 13.1 Å². The van der Waals surface area contributed by atoms with E-state index in [0.717, 1.165) is 38.5 Å². The van der Waals surface area contributed by atoms with Crippen LogP contribution >= 0.6 is 0 Å². The molecule has 1 aromatic heterocycles. The van der Waals surface area contributed by atoms with Gasteiger partial charge < -0.3 is 24.9 Å². The van der Waals surface area contributed by atoms with E-state index in [1.165, 1.54) is 13.0 Å². The van der Waals surface area contributed by atoms with Crippen molar-refractivity contribution >= 4 is 30.1 Å². The number of esters is 1. The van der Waals surface area contributed by atoms with Gasteiger partial charge in [-0.05, 0) is 84.3 Å². The predicted octanol–water partition coefficient (Wildman–Crippen LogP) is 5.44. The van der Waals surface area contributed by atoms with Gasteiger partial charge >= 0.3 is 5.97 Å². The van der Waals surface area contributed by atoms with Gasteiger partial charge in [0.25, 0.3) is 11.8 Å². The highest BCUT2D eigenvalue weighted by molar-refractivity contribution is 5.96. The van der Waals surface area contributed by atoms with Gasteiger partial charge in [0.1, 0.15) is 29.7 Å². The fourth-order valence-corrected chi connectivity index (χ4v) is 6.25. The van der Waals surface area contributed by atoms with Gasteiger partial charge in [0.15, 0.2) is 5.69 Å². The Morgan fingerprint density at radius 2 is 1.75 bits per heavy atom. The number of ether oxygens (including phenoxy) is 1. The summed E-state index contributed by atoms with van der Waals surface area (Å²) in [6, 6.07) is 4.22. The van der Waals surface area contributed by atoms with Crippen molar-refractivity contribution in [3.05, 3.63) is 35.7 Å². The number of unbranched alkanes of at least 4 members (excludes halogenated alkanes) is 7. The van der Waals surface area contributed by atoms with Crippen LogP contribution in [0.4, 0.5) is 0 Å². The lowest BCUT2D eigenvalue weighted by atomic mass is 9.82. The molecular formula is C38H57N5O10. The summed E-state index contributed by atoms with van der Waals surface area (Å²) in [4.78, 5) is 69.4. The smallest absolute Gasteiger partial charge is 0.328 e. The van der Waals surface area contributed by atoms with Gasteiger partial charge in [-0.1, -0.05) is 57.6 Å². The number of aromatic hydroxyl groups is 1. The van der Waals surface area contributed by atoms with E-state index in [4.69, 9.17) is 9.15 Å². The van der Waals surface area contributed by atoms with E-state index in [1.54, 1.807) is 32.0 Å². The number of hydrogen-bond acceptors (Lipinski definition) is 11. The summed E-state index contributed by atoms with van der Waals surface area (Å²) in [5.74, 6) is -2.56. The molecule has 1 aliphatic rings. The average Bonchev–Trinajstić information content (AvgIpc) is 3.45. The summed E-state index contributed by atoms with van der Waals surface area (Å²) in [6.45, 7) is 7.14. The Morgan fingerprint density at radius 1 is 1.08 bits per heavy atom. The molecule has 53 heavy (non-hydrogen) atoms. The number of amides is 4. The molecule has 0 bridgehead atoms. The molecule has 0 unspecified atom stereocenters. The minimum absolute atomic E-state index is 0.00474. The molecule has 2 heterocycles. The van der Waals surface area contributed by atoms with Crippen LogP contribution < -0.4 is 10.6 Å². The maximum absolute atomic E-state index is 14.0. The summed E-state index contributed by atoms with van der Waals surface area (Å²) < 4.78 is 11.8. The number of carbonyl (C=O) groups is 5. The van der Waals surface area contributed by atoms with E-state index in [0.29, 0.717) is 55.1 Å². The van der Waals surface area contributed by atoms with Crippen molar-refractivity contribution in [3.63, 3.8) is 0 Å². The third-order valence-corrected chi connectivity index (χ3v) is 9.68. The molecule has 3 rings (SSSR count). The second-order valence-corrected chi connectivity index (χ2v) is 14.3. The predicted molar refractivity (Wildman–Crippen MR) is 194 cm³/mol. The number of phenolic OH excluding ortho intramolecular Hbond substituents is 1. The lowest BCUT2D eigenvalue weighted by Crippen LogP contribution is -2.54. The largest absolute Gasteiger partial charge is 0.507 e. The zero-order valence-electron chi connectivity index (χ0n) is 31.5. The third-order valence-electron chi connectivity index (χ3n) is 9.68. The molecule has 1 saturated heterocycles. The highest BCUT2D eigenvalue weighted by Gasteiger charge is 2.42. The number of hydrogen-bond donors (Lipinski definition) is 5. The van der Waals surface area contributed by atoms with Crippen LogP contribution in [0.2, 0.25) is 0 Å². The van der Waals surface area contributed by atoms with Crippen molar-refractivity contribution in [2.45, 2.75) is 136 Å². The molecule has 0 spiro atoms. The van der Waals surface area contributed by atoms with Gasteiger partial charge in [-0.15, -0.1) is 0 Å². The van der Waals surface area contributed by atoms with Crippen LogP contribution in [0.3, 0.4) is 0 Å². The molecule has 5 N–H and O–H groups in total. The highest BCUT2D eigenvalue weighted by Crippen LogP contribution is 2.31. The van der Waals surface area contributed by atoms with E-state index in [-0.39, 0.29) is 54.6 Å². The molecule has 0 saturated carbocycles. The van der Waals surface area contributed by atoms with Gasteiger partial charge in [-0.25, -0.2) is 19.9 Å². The summed E-state index contributed by atoms with van der Waals surface area (Å²) in [5, 5.41) is 36.5. The second-order valence-electron chi connectivity index (χ2n) is 14.3. The number of oxazole rings is 1.